The summed E-state index contributed by atoms with van der Waals surface area (Å²) in [6.07, 6.45) is 2.22. The molecule has 2 heteroatoms. The van der Waals surface area contributed by atoms with E-state index in [1.54, 1.807) is 0 Å². The van der Waals surface area contributed by atoms with Gasteiger partial charge < -0.3 is 17.0 Å². The van der Waals surface area contributed by atoms with Crippen molar-refractivity contribution >= 4 is 34.7 Å². The van der Waals surface area contributed by atoms with Crippen molar-refractivity contribution < 1.29 is 17.0 Å². The molecule has 0 aliphatic heterocycles. The molecule has 0 aliphatic rings. The van der Waals surface area contributed by atoms with E-state index in [-0.39, 0.29) is 40.0 Å². The first-order chi connectivity index (χ1) is 9.93. The van der Waals surface area contributed by atoms with Crippen LogP contribution in [0.5, 0.6) is 0 Å². The maximum absolute atomic E-state index is 3.06. The Balaban J connectivity index is 0.00000121. The first-order valence-corrected chi connectivity index (χ1v) is 6.72. The molecule has 0 aliphatic carbocycles. The van der Waals surface area contributed by atoms with Crippen LogP contribution in [0.4, 0.5) is 0 Å². The molecule has 0 amide bonds. The van der Waals surface area contributed by atoms with Gasteiger partial charge in [0.15, 0.2) is 0 Å². The molecule has 0 atom stereocenters. The van der Waals surface area contributed by atoms with E-state index in [9.17, 15) is 0 Å². The molecule has 3 aromatic carbocycles. The minimum Gasteiger partial charge on any atom is -1.00 e. The van der Waals surface area contributed by atoms with Crippen LogP contribution in [0.15, 0.2) is 84.9 Å². The van der Waals surface area contributed by atoms with Gasteiger partial charge in [-0.05, 0) is 16.7 Å². The smallest absolute Gasteiger partial charge is 1.00 e. The van der Waals surface area contributed by atoms with Gasteiger partial charge in [0.1, 0.15) is 0 Å². The number of hydrogen-bond donors (Lipinski definition) is 0. The molecular formula is C20H15BrMg. The van der Waals surface area contributed by atoms with Crippen LogP contribution in [0.3, 0.4) is 0 Å². The molecule has 0 fully saturated rings. The van der Waals surface area contributed by atoms with E-state index in [0.717, 1.165) is 0 Å². The molecule has 0 radical (unpaired) electrons. The first kappa shape index (κ1) is 18.7. The molecule has 22 heavy (non-hydrogen) atoms. The van der Waals surface area contributed by atoms with E-state index in [2.05, 4.69) is 72.8 Å². The van der Waals surface area contributed by atoms with Crippen molar-refractivity contribution in [3.63, 3.8) is 0 Å². The molecule has 3 rings (SSSR count). The van der Waals surface area contributed by atoms with E-state index >= 15 is 0 Å². The van der Waals surface area contributed by atoms with Crippen LogP contribution in [0.25, 0.3) is 11.6 Å². The third-order valence-corrected chi connectivity index (χ3v) is 3.22. The van der Waals surface area contributed by atoms with E-state index in [1.165, 1.54) is 22.3 Å². The second-order valence-corrected chi connectivity index (χ2v) is 4.62. The summed E-state index contributed by atoms with van der Waals surface area (Å²) < 4.78 is 0. The van der Waals surface area contributed by atoms with Crippen molar-refractivity contribution in [1.29, 1.82) is 0 Å². The van der Waals surface area contributed by atoms with Crippen LogP contribution in [0.2, 0.25) is 0 Å². The quantitative estimate of drug-likeness (QED) is 0.379. The summed E-state index contributed by atoms with van der Waals surface area (Å²) in [6.45, 7) is 0. The topological polar surface area (TPSA) is 0 Å². The van der Waals surface area contributed by atoms with Gasteiger partial charge in [-0.25, -0.2) is 0 Å². The van der Waals surface area contributed by atoms with Crippen molar-refractivity contribution in [2.45, 2.75) is 0 Å². The zero-order valence-electron chi connectivity index (χ0n) is 12.2. The van der Waals surface area contributed by atoms with E-state index < -0.39 is 0 Å². The normalized spacial score (nSPS) is 9.09. The van der Waals surface area contributed by atoms with Gasteiger partial charge >= 0.3 is 23.1 Å². The Hall–Kier alpha value is -1.35. The van der Waals surface area contributed by atoms with Gasteiger partial charge in [0, 0.05) is 0 Å². The van der Waals surface area contributed by atoms with E-state index in [1.807, 2.05) is 24.3 Å². The van der Waals surface area contributed by atoms with Crippen LogP contribution in [-0.4, -0.2) is 23.1 Å². The van der Waals surface area contributed by atoms with Crippen molar-refractivity contribution in [3.05, 3.63) is 108 Å². The van der Waals surface area contributed by atoms with Crippen LogP contribution in [0.1, 0.15) is 16.7 Å². The van der Waals surface area contributed by atoms with Gasteiger partial charge in [0.25, 0.3) is 0 Å². The average molecular weight is 360 g/mol. The third kappa shape index (κ3) is 4.84. The molecule has 104 valence electrons. The summed E-state index contributed by atoms with van der Waals surface area (Å²) in [7, 11) is 0. The van der Waals surface area contributed by atoms with Crippen LogP contribution < -0.4 is 17.0 Å². The Morgan fingerprint density at radius 1 is 0.682 bits per heavy atom. The summed E-state index contributed by atoms with van der Waals surface area (Å²) in [5.74, 6) is 0. The molecular weight excluding hydrogens is 344 g/mol. The molecule has 0 spiro atoms. The molecule has 3 aromatic rings. The van der Waals surface area contributed by atoms with Gasteiger partial charge in [-0.1, -0.05) is 66.7 Å². The predicted octanol–water partition coefficient (Wildman–Crippen LogP) is 1.70. The minimum atomic E-state index is 0. The van der Waals surface area contributed by atoms with Crippen LogP contribution in [-0.2, 0) is 0 Å². The molecule has 0 nitrogen and oxygen atoms in total. The second kappa shape index (κ2) is 9.62. The Morgan fingerprint density at radius 3 is 1.59 bits per heavy atom. The largest absolute Gasteiger partial charge is 2.00 e. The van der Waals surface area contributed by atoms with Crippen molar-refractivity contribution in [1.82, 2.24) is 0 Å². The third-order valence-electron chi connectivity index (χ3n) is 3.22. The Bertz CT molecular complexity index is 650. The number of benzene rings is 3. The molecule has 0 N–H and O–H groups in total. The Morgan fingerprint density at radius 2 is 1.14 bits per heavy atom. The van der Waals surface area contributed by atoms with Crippen molar-refractivity contribution in [2.24, 2.45) is 0 Å². The predicted molar refractivity (Wildman–Crippen MR) is 90.9 cm³/mol. The van der Waals surface area contributed by atoms with Gasteiger partial charge in [-0.15, -0.1) is 5.56 Å². The summed E-state index contributed by atoms with van der Waals surface area (Å²) in [5.41, 5.74) is 4.88. The van der Waals surface area contributed by atoms with Crippen molar-refractivity contribution in [2.75, 3.05) is 0 Å². The van der Waals surface area contributed by atoms with Gasteiger partial charge in [-0.3, -0.25) is 0 Å². The zero-order chi connectivity index (χ0) is 13.6. The maximum Gasteiger partial charge on any atom is 2.00 e. The number of hydrogen-bond acceptors (Lipinski definition) is 0. The fraction of sp³-hybridized carbons (Fsp3) is 0. The maximum atomic E-state index is 3.06. The molecule has 0 aromatic heterocycles. The summed E-state index contributed by atoms with van der Waals surface area (Å²) in [6, 6.07) is 32.1. The van der Waals surface area contributed by atoms with Gasteiger partial charge in [0.2, 0.25) is 0 Å². The van der Waals surface area contributed by atoms with Crippen LogP contribution in [0, 0.1) is 6.07 Å². The summed E-state index contributed by atoms with van der Waals surface area (Å²) in [4.78, 5) is 0. The molecule has 0 bridgehead atoms. The fourth-order valence-corrected chi connectivity index (χ4v) is 2.23. The molecule has 0 heterocycles. The summed E-state index contributed by atoms with van der Waals surface area (Å²) in [5, 5.41) is 0. The molecule has 0 unspecified atom stereocenters. The van der Waals surface area contributed by atoms with Gasteiger partial charge in [-0.2, -0.15) is 30.3 Å². The Kier molecular flexibility index (Phi) is 8.17. The van der Waals surface area contributed by atoms with Gasteiger partial charge in [0.05, 0.1) is 0 Å². The summed E-state index contributed by atoms with van der Waals surface area (Å²) >= 11 is 0. The first-order valence-electron chi connectivity index (χ1n) is 6.72. The molecule has 0 saturated carbocycles. The fourth-order valence-electron chi connectivity index (χ4n) is 2.23. The Labute approximate surface area is 158 Å². The zero-order valence-corrected chi connectivity index (χ0v) is 15.2. The minimum absolute atomic E-state index is 0. The standard InChI is InChI=1S/C20H15.BrH.Mg/c1-4-10-17(11-5-1)16-20(18-12-6-2-7-13-18)19-14-8-3-9-15-19;;/h2-16H;1H;/q-1;;+2/p-1. The van der Waals surface area contributed by atoms with Crippen molar-refractivity contribution in [3.8, 4) is 0 Å². The van der Waals surface area contributed by atoms with E-state index in [0.29, 0.717) is 0 Å². The molecule has 0 saturated heterocycles. The monoisotopic (exact) mass is 358 g/mol. The second-order valence-electron chi connectivity index (χ2n) is 4.62. The van der Waals surface area contributed by atoms with E-state index in [4.69, 9.17) is 0 Å². The number of halogens is 1. The number of rotatable bonds is 3. The SMILES string of the molecule is [Br-].[Mg+2].[c-]1ccc(C=C(c2ccccc2)c2ccccc2)cc1. The average Bonchev–Trinajstić information content (AvgIpc) is 2.55. The van der Waals surface area contributed by atoms with Crippen LogP contribution >= 0.6 is 0 Å².